The summed E-state index contributed by atoms with van der Waals surface area (Å²) in [6.45, 7) is 9.41. The number of aliphatic imine (C=N–C) groups is 1. The van der Waals surface area contributed by atoms with E-state index in [1.165, 1.54) is 0 Å². The quantitative estimate of drug-likeness (QED) is 0.292. The number of aromatic hydroxyl groups is 1. The zero-order valence-corrected chi connectivity index (χ0v) is 17.2. The van der Waals surface area contributed by atoms with Gasteiger partial charge in [0.1, 0.15) is 11.6 Å². The second-order valence-corrected chi connectivity index (χ2v) is 6.76. The molecule has 0 aliphatic carbocycles. The number of nitrogens with two attached hydrogens (primary N) is 1. The summed E-state index contributed by atoms with van der Waals surface area (Å²) >= 11 is 0. The molecule has 0 aliphatic rings. The lowest BCUT2D eigenvalue weighted by molar-refractivity contribution is 0.475. The van der Waals surface area contributed by atoms with Gasteiger partial charge in [-0.2, -0.15) is 0 Å². The molecular weight excluding hydrogens is 360 g/mol. The molecule has 2 rings (SSSR count). The first-order valence-corrected chi connectivity index (χ1v) is 9.71. The Labute approximate surface area is 173 Å². The molecule has 2 aromatic carbocycles. The number of benzene rings is 2. The van der Waals surface area contributed by atoms with E-state index >= 15 is 0 Å². The first-order chi connectivity index (χ1) is 14.0. The molecule has 0 amide bonds. The molecule has 2 aromatic rings. The predicted octanol–water partition coefficient (Wildman–Crippen LogP) is 4.30. The molecule has 0 bridgehead atoms. The Hall–Kier alpha value is -3.47. The number of allylic oxidation sites excluding steroid dienone is 2. The number of phenols is 1. The summed E-state index contributed by atoms with van der Waals surface area (Å²) in [6, 6.07) is 17.1. The molecule has 5 nitrogen and oxygen atoms in total. The SMILES string of the molecule is C=C(/C=C(\NCCC)c1ccccc1)NC(/C=C(/C)N)=NCc1ccc(O)cc1. The number of amidine groups is 1. The highest BCUT2D eigenvalue weighted by Crippen LogP contribution is 2.13. The molecule has 0 radical (unpaired) electrons. The van der Waals surface area contributed by atoms with Crippen LogP contribution < -0.4 is 16.4 Å². The van der Waals surface area contributed by atoms with Crippen LogP contribution in [-0.2, 0) is 6.54 Å². The maximum Gasteiger partial charge on any atom is 0.127 e. The first kappa shape index (κ1) is 21.8. The highest BCUT2D eigenvalue weighted by atomic mass is 16.3. The molecule has 0 saturated heterocycles. The third kappa shape index (κ3) is 7.97. The molecule has 5 heteroatoms. The van der Waals surface area contributed by atoms with Gasteiger partial charge in [-0.05, 0) is 48.8 Å². The maximum atomic E-state index is 9.41. The number of nitrogens with one attached hydrogen (secondary N) is 2. The van der Waals surface area contributed by atoms with Crippen molar-refractivity contribution in [3.8, 4) is 5.75 Å². The van der Waals surface area contributed by atoms with E-state index in [1.54, 1.807) is 18.2 Å². The van der Waals surface area contributed by atoms with Gasteiger partial charge in [0.25, 0.3) is 0 Å². The summed E-state index contributed by atoms with van der Waals surface area (Å²) in [5.74, 6) is 0.863. The Balaban J connectivity index is 2.18. The van der Waals surface area contributed by atoms with Crippen LogP contribution in [0.3, 0.4) is 0 Å². The minimum absolute atomic E-state index is 0.236. The zero-order valence-electron chi connectivity index (χ0n) is 17.2. The zero-order chi connectivity index (χ0) is 21.1. The Kier molecular flexibility index (Phi) is 8.57. The molecule has 0 heterocycles. The van der Waals surface area contributed by atoms with Gasteiger partial charge in [-0.25, -0.2) is 0 Å². The van der Waals surface area contributed by atoms with E-state index in [4.69, 9.17) is 5.73 Å². The predicted molar refractivity (Wildman–Crippen MR) is 122 cm³/mol. The average molecular weight is 391 g/mol. The van der Waals surface area contributed by atoms with Crippen LogP contribution >= 0.6 is 0 Å². The highest BCUT2D eigenvalue weighted by Gasteiger charge is 2.03. The molecule has 0 spiro atoms. The van der Waals surface area contributed by atoms with Crippen molar-refractivity contribution in [2.45, 2.75) is 26.8 Å². The molecular formula is C24H30N4O. The van der Waals surface area contributed by atoms with Gasteiger partial charge in [-0.15, -0.1) is 0 Å². The van der Waals surface area contributed by atoms with Crippen molar-refractivity contribution in [3.05, 3.63) is 95.8 Å². The van der Waals surface area contributed by atoms with Crippen LogP contribution in [0.15, 0.2) is 89.7 Å². The van der Waals surface area contributed by atoms with Crippen LogP contribution in [0.1, 0.15) is 31.4 Å². The Morgan fingerprint density at radius 3 is 2.41 bits per heavy atom. The van der Waals surface area contributed by atoms with Gasteiger partial charge >= 0.3 is 0 Å². The first-order valence-electron chi connectivity index (χ1n) is 9.71. The monoisotopic (exact) mass is 390 g/mol. The van der Waals surface area contributed by atoms with Gasteiger partial charge in [0.2, 0.25) is 0 Å². The minimum Gasteiger partial charge on any atom is -0.508 e. The smallest absolute Gasteiger partial charge is 0.127 e. The topological polar surface area (TPSA) is 82.7 Å². The van der Waals surface area contributed by atoms with Crippen LogP contribution in [0.25, 0.3) is 5.70 Å². The molecule has 0 unspecified atom stereocenters. The number of hydrogen-bond donors (Lipinski definition) is 4. The van der Waals surface area contributed by atoms with E-state index in [1.807, 2.05) is 43.3 Å². The molecule has 0 fully saturated rings. The molecule has 0 saturated carbocycles. The molecule has 0 aromatic heterocycles. The summed E-state index contributed by atoms with van der Waals surface area (Å²) in [6.07, 6.45) is 4.78. The van der Waals surface area contributed by atoms with Crippen molar-refractivity contribution >= 4 is 11.5 Å². The lowest BCUT2D eigenvalue weighted by atomic mass is 10.1. The standard InChI is InChI=1S/C24H30N4O/c1-4-14-26-23(21-8-6-5-7-9-21)16-19(3)28-24(15-18(2)25)27-17-20-10-12-22(29)13-11-20/h5-13,15-16,26,29H,3-4,14,17,25H2,1-2H3,(H,27,28)/b18-15-,23-16-. The van der Waals surface area contributed by atoms with Gasteiger partial charge in [0, 0.05) is 23.6 Å². The number of phenolic OH excluding ortho intramolecular Hbond substituents is 1. The normalized spacial score (nSPS) is 12.6. The molecule has 29 heavy (non-hydrogen) atoms. The van der Waals surface area contributed by atoms with Crippen LogP contribution in [0, 0.1) is 0 Å². The van der Waals surface area contributed by atoms with E-state index in [0.29, 0.717) is 23.8 Å². The van der Waals surface area contributed by atoms with Crippen molar-refractivity contribution in [1.82, 2.24) is 10.6 Å². The molecule has 5 N–H and O–H groups in total. The van der Waals surface area contributed by atoms with Gasteiger partial charge in [0.05, 0.1) is 6.54 Å². The van der Waals surface area contributed by atoms with E-state index in [-0.39, 0.29) is 5.75 Å². The number of rotatable bonds is 9. The Morgan fingerprint density at radius 2 is 1.79 bits per heavy atom. The van der Waals surface area contributed by atoms with E-state index in [9.17, 15) is 5.11 Å². The summed E-state index contributed by atoms with van der Waals surface area (Å²) in [5, 5.41) is 16.1. The summed E-state index contributed by atoms with van der Waals surface area (Å²) in [4.78, 5) is 4.60. The lowest BCUT2D eigenvalue weighted by Gasteiger charge is -2.13. The summed E-state index contributed by atoms with van der Waals surface area (Å²) < 4.78 is 0. The second-order valence-electron chi connectivity index (χ2n) is 6.76. The molecule has 0 atom stereocenters. The lowest BCUT2D eigenvalue weighted by Crippen LogP contribution is -2.22. The fourth-order valence-corrected chi connectivity index (χ4v) is 2.60. The molecule has 0 aliphatic heterocycles. The van der Waals surface area contributed by atoms with Crippen molar-refractivity contribution < 1.29 is 5.11 Å². The van der Waals surface area contributed by atoms with E-state index in [2.05, 4.69) is 41.3 Å². The largest absolute Gasteiger partial charge is 0.508 e. The second kappa shape index (κ2) is 11.4. The minimum atomic E-state index is 0.236. The fourth-order valence-electron chi connectivity index (χ4n) is 2.60. The van der Waals surface area contributed by atoms with Gasteiger partial charge in [-0.3, -0.25) is 4.99 Å². The third-order valence-corrected chi connectivity index (χ3v) is 3.99. The van der Waals surface area contributed by atoms with Crippen molar-refractivity contribution in [2.24, 2.45) is 10.7 Å². The van der Waals surface area contributed by atoms with Crippen LogP contribution in [0.5, 0.6) is 5.75 Å². The Morgan fingerprint density at radius 1 is 1.10 bits per heavy atom. The Bertz CT molecular complexity index is 877. The van der Waals surface area contributed by atoms with Crippen molar-refractivity contribution in [1.29, 1.82) is 0 Å². The van der Waals surface area contributed by atoms with Crippen LogP contribution in [0.4, 0.5) is 0 Å². The van der Waals surface area contributed by atoms with E-state index in [0.717, 1.165) is 29.8 Å². The number of nitrogens with zero attached hydrogens (tertiary/aromatic N) is 1. The average Bonchev–Trinajstić information content (AvgIpc) is 2.70. The number of hydrogen-bond acceptors (Lipinski definition) is 4. The highest BCUT2D eigenvalue weighted by molar-refractivity contribution is 5.95. The van der Waals surface area contributed by atoms with Crippen LogP contribution in [-0.4, -0.2) is 17.5 Å². The maximum absolute atomic E-state index is 9.41. The van der Waals surface area contributed by atoms with Crippen molar-refractivity contribution in [3.63, 3.8) is 0 Å². The van der Waals surface area contributed by atoms with Gasteiger partial charge in [0.15, 0.2) is 0 Å². The van der Waals surface area contributed by atoms with Crippen molar-refractivity contribution in [2.75, 3.05) is 6.54 Å². The summed E-state index contributed by atoms with van der Waals surface area (Å²) in [7, 11) is 0. The third-order valence-electron chi connectivity index (χ3n) is 3.99. The van der Waals surface area contributed by atoms with Gasteiger partial charge in [-0.1, -0.05) is 56.0 Å². The van der Waals surface area contributed by atoms with Crippen LogP contribution in [0.2, 0.25) is 0 Å². The van der Waals surface area contributed by atoms with E-state index < -0.39 is 0 Å². The van der Waals surface area contributed by atoms with Gasteiger partial charge < -0.3 is 21.5 Å². The summed E-state index contributed by atoms with van der Waals surface area (Å²) in [5.41, 5.74) is 10.3. The fraction of sp³-hybridized carbons (Fsp3) is 0.208. The molecule has 152 valence electrons.